The normalized spacial score (nSPS) is 13.6. The standard InChI is InChI=1S/C20H26N4O3.HI/c1-13-3-6-15(18(9-13)26-12-14-4-5-14)10-23-20(22-2)24-11-16-7-8-17(27-16)19(21)25;/h3,6-9,14H,4-5,10-12H2,1-2H3,(H2,21,25)(H2,22,23,24);1H. The molecule has 8 heteroatoms. The van der Waals surface area contributed by atoms with Crippen molar-refractivity contribution < 1.29 is 13.9 Å². The molecule has 1 fully saturated rings. The van der Waals surface area contributed by atoms with E-state index >= 15 is 0 Å². The number of halogens is 1. The van der Waals surface area contributed by atoms with Gasteiger partial charge in [-0.1, -0.05) is 12.1 Å². The fourth-order valence-corrected chi connectivity index (χ4v) is 2.61. The Kier molecular flexibility index (Phi) is 8.16. The Bertz CT molecular complexity index is 831. The number of amides is 1. The van der Waals surface area contributed by atoms with E-state index in [1.165, 1.54) is 18.4 Å². The molecule has 1 heterocycles. The predicted molar refractivity (Wildman–Crippen MR) is 119 cm³/mol. The first kappa shape index (κ1) is 22.1. The number of hydrogen-bond donors (Lipinski definition) is 3. The maximum Gasteiger partial charge on any atom is 0.284 e. The van der Waals surface area contributed by atoms with Crippen LogP contribution < -0.4 is 21.1 Å². The van der Waals surface area contributed by atoms with Gasteiger partial charge in [-0.3, -0.25) is 9.79 Å². The summed E-state index contributed by atoms with van der Waals surface area (Å²) in [5, 5.41) is 6.43. The molecule has 1 aliphatic carbocycles. The number of carbonyl (C=O) groups excluding carboxylic acids is 1. The summed E-state index contributed by atoms with van der Waals surface area (Å²) in [5.74, 6) is 2.42. The van der Waals surface area contributed by atoms with Gasteiger partial charge in [-0.25, -0.2) is 0 Å². The summed E-state index contributed by atoms with van der Waals surface area (Å²) < 4.78 is 11.4. The van der Waals surface area contributed by atoms with Gasteiger partial charge in [0.25, 0.3) is 5.91 Å². The van der Waals surface area contributed by atoms with Gasteiger partial charge in [0.2, 0.25) is 0 Å². The lowest BCUT2D eigenvalue weighted by Crippen LogP contribution is -2.36. The van der Waals surface area contributed by atoms with Gasteiger partial charge < -0.3 is 25.5 Å². The zero-order valence-corrected chi connectivity index (χ0v) is 18.5. The van der Waals surface area contributed by atoms with Crippen LogP contribution in [0, 0.1) is 12.8 Å². The number of nitrogens with zero attached hydrogens (tertiary/aromatic N) is 1. The van der Waals surface area contributed by atoms with E-state index in [1.807, 2.05) is 0 Å². The second-order valence-corrected chi connectivity index (χ2v) is 6.78. The monoisotopic (exact) mass is 498 g/mol. The van der Waals surface area contributed by atoms with Gasteiger partial charge in [0.05, 0.1) is 13.2 Å². The van der Waals surface area contributed by atoms with Gasteiger partial charge in [0.15, 0.2) is 11.7 Å². The molecule has 152 valence electrons. The lowest BCUT2D eigenvalue weighted by molar-refractivity contribution is 0.0972. The molecular weight excluding hydrogens is 471 g/mol. The Morgan fingerprint density at radius 1 is 1.25 bits per heavy atom. The van der Waals surface area contributed by atoms with E-state index in [0.29, 0.717) is 30.7 Å². The van der Waals surface area contributed by atoms with Crippen molar-refractivity contribution in [1.29, 1.82) is 0 Å². The van der Waals surface area contributed by atoms with Crippen LogP contribution in [0.15, 0.2) is 39.7 Å². The Hall–Kier alpha value is -2.23. The number of aliphatic imine (C=N–C) groups is 1. The van der Waals surface area contributed by atoms with Crippen molar-refractivity contribution in [1.82, 2.24) is 10.6 Å². The molecule has 1 amide bonds. The molecule has 28 heavy (non-hydrogen) atoms. The number of benzene rings is 1. The number of ether oxygens (including phenoxy) is 1. The highest BCUT2D eigenvalue weighted by Gasteiger charge is 2.22. The zero-order chi connectivity index (χ0) is 19.2. The molecule has 7 nitrogen and oxygen atoms in total. The molecule has 0 saturated heterocycles. The van der Waals surface area contributed by atoms with Crippen molar-refractivity contribution in [3.05, 3.63) is 53.0 Å². The first-order valence-corrected chi connectivity index (χ1v) is 9.10. The van der Waals surface area contributed by atoms with Crippen molar-refractivity contribution in [2.75, 3.05) is 13.7 Å². The number of rotatable bonds is 8. The van der Waals surface area contributed by atoms with E-state index in [2.05, 4.69) is 40.7 Å². The molecule has 1 aliphatic rings. The minimum absolute atomic E-state index is 0. The van der Waals surface area contributed by atoms with Crippen LogP contribution in [0.3, 0.4) is 0 Å². The van der Waals surface area contributed by atoms with Crippen molar-refractivity contribution in [3.63, 3.8) is 0 Å². The summed E-state index contributed by atoms with van der Waals surface area (Å²) in [6, 6.07) is 9.49. The van der Waals surface area contributed by atoms with Crippen LogP contribution in [0.25, 0.3) is 0 Å². The lowest BCUT2D eigenvalue weighted by Gasteiger charge is -2.15. The number of nitrogens with one attached hydrogen (secondary N) is 2. The van der Waals surface area contributed by atoms with Crippen LogP contribution in [0.4, 0.5) is 0 Å². The molecule has 0 atom stereocenters. The van der Waals surface area contributed by atoms with E-state index in [0.717, 1.165) is 17.9 Å². The average Bonchev–Trinajstić information content (AvgIpc) is 3.36. The Morgan fingerprint density at radius 3 is 2.64 bits per heavy atom. The molecule has 0 aliphatic heterocycles. The molecule has 1 saturated carbocycles. The van der Waals surface area contributed by atoms with Gasteiger partial charge in [0, 0.05) is 19.2 Å². The first-order chi connectivity index (χ1) is 13.0. The number of carbonyl (C=O) groups is 1. The minimum Gasteiger partial charge on any atom is -0.493 e. The molecule has 2 aromatic rings. The Labute approximate surface area is 182 Å². The van der Waals surface area contributed by atoms with Crippen molar-refractivity contribution in [2.45, 2.75) is 32.9 Å². The maximum absolute atomic E-state index is 11.1. The fourth-order valence-electron chi connectivity index (χ4n) is 2.61. The van der Waals surface area contributed by atoms with Crippen LogP contribution >= 0.6 is 24.0 Å². The lowest BCUT2D eigenvalue weighted by atomic mass is 10.1. The fraction of sp³-hybridized carbons (Fsp3) is 0.400. The Balaban J connectivity index is 0.00000280. The van der Waals surface area contributed by atoms with Gasteiger partial charge in [0.1, 0.15) is 11.5 Å². The highest BCUT2D eigenvalue weighted by atomic mass is 127. The third-order valence-electron chi connectivity index (χ3n) is 4.40. The molecule has 4 N–H and O–H groups in total. The van der Waals surface area contributed by atoms with E-state index < -0.39 is 5.91 Å². The summed E-state index contributed by atoms with van der Waals surface area (Å²) in [4.78, 5) is 15.3. The summed E-state index contributed by atoms with van der Waals surface area (Å²) in [6.45, 7) is 3.83. The molecule has 0 radical (unpaired) electrons. The third-order valence-corrected chi connectivity index (χ3v) is 4.40. The topological polar surface area (TPSA) is 102 Å². The number of hydrogen-bond acceptors (Lipinski definition) is 4. The molecule has 0 spiro atoms. The van der Waals surface area contributed by atoms with Crippen LogP contribution in [-0.4, -0.2) is 25.5 Å². The summed E-state index contributed by atoms with van der Waals surface area (Å²) in [7, 11) is 1.70. The van der Waals surface area contributed by atoms with E-state index in [-0.39, 0.29) is 29.7 Å². The van der Waals surface area contributed by atoms with Crippen molar-refractivity contribution in [2.24, 2.45) is 16.6 Å². The minimum atomic E-state index is -0.582. The highest BCUT2D eigenvalue weighted by molar-refractivity contribution is 14.0. The summed E-state index contributed by atoms with van der Waals surface area (Å²) >= 11 is 0. The molecule has 1 aromatic heterocycles. The number of aryl methyl sites for hydroxylation is 1. The smallest absolute Gasteiger partial charge is 0.284 e. The van der Waals surface area contributed by atoms with Crippen LogP contribution in [0.5, 0.6) is 5.75 Å². The average molecular weight is 498 g/mol. The molecule has 1 aromatic carbocycles. The van der Waals surface area contributed by atoms with E-state index in [9.17, 15) is 4.79 Å². The van der Waals surface area contributed by atoms with Gasteiger partial charge in [-0.15, -0.1) is 24.0 Å². The quantitative estimate of drug-likeness (QED) is 0.295. The summed E-state index contributed by atoms with van der Waals surface area (Å²) in [6.07, 6.45) is 2.53. The highest BCUT2D eigenvalue weighted by Crippen LogP contribution is 2.30. The first-order valence-electron chi connectivity index (χ1n) is 9.10. The second kappa shape index (κ2) is 10.4. The van der Waals surface area contributed by atoms with E-state index in [1.54, 1.807) is 19.2 Å². The number of nitrogens with two attached hydrogens (primary N) is 1. The maximum atomic E-state index is 11.1. The molecule has 3 rings (SSSR count). The number of primary amides is 1. The van der Waals surface area contributed by atoms with Crippen LogP contribution in [0.2, 0.25) is 0 Å². The van der Waals surface area contributed by atoms with Crippen LogP contribution in [-0.2, 0) is 13.1 Å². The van der Waals surface area contributed by atoms with Crippen LogP contribution in [0.1, 0.15) is 40.3 Å². The third kappa shape index (κ3) is 6.43. The number of guanidine groups is 1. The van der Waals surface area contributed by atoms with Gasteiger partial charge in [-0.05, 0) is 49.4 Å². The molecular formula is C20H27IN4O3. The van der Waals surface area contributed by atoms with E-state index in [4.69, 9.17) is 14.9 Å². The largest absolute Gasteiger partial charge is 0.493 e. The number of furan rings is 1. The van der Waals surface area contributed by atoms with Crippen molar-refractivity contribution in [3.8, 4) is 5.75 Å². The predicted octanol–water partition coefficient (Wildman–Crippen LogP) is 2.96. The van der Waals surface area contributed by atoms with Crippen molar-refractivity contribution >= 4 is 35.8 Å². The second-order valence-electron chi connectivity index (χ2n) is 6.78. The Morgan fingerprint density at radius 2 is 2.00 bits per heavy atom. The molecule has 0 unspecified atom stereocenters. The SMILES string of the molecule is CN=C(NCc1ccc(C(N)=O)o1)NCc1ccc(C)cc1OCC1CC1.I. The zero-order valence-electron chi connectivity index (χ0n) is 16.2. The summed E-state index contributed by atoms with van der Waals surface area (Å²) in [5.41, 5.74) is 7.45. The van der Waals surface area contributed by atoms with Gasteiger partial charge in [-0.2, -0.15) is 0 Å². The molecule has 0 bridgehead atoms. The van der Waals surface area contributed by atoms with Gasteiger partial charge >= 0.3 is 0 Å².